The average Bonchev–Trinajstić information content (AvgIpc) is 2.79. The Morgan fingerprint density at radius 2 is 2.29 bits per heavy atom. The van der Waals surface area contributed by atoms with E-state index in [9.17, 15) is 0 Å². The molecular formula is C10H17N3O. The van der Waals surface area contributed by atoms with Gasteiger partial charge in [-0.25, -0.2) is 0 Å². The van der Waals surface area contributed by atoms with Gasteiger partial charge in [0.2, 0.25) is 0 Å². The Kier molecular flexibility index (Phi) is 3.03. The maximum atomic E-state index is 5.78. The molecule has 1 aromatic heterocycles. The Morgan fingerprint density at radius 1 is 1.50 bits per heavy atom. The molecule has 0 saturated heterocycles. The smallest absolute Gasteiger partial charge is 0.157 e. The Balaban J connectivity index is 1.88. The van der Waals surface area contributed by atoms with E-state index >= 15 is 0 Å². The number of ether oxygens (including phenoxy) is 1. The summed E-state index contributed by atoms with van der Waals surface area (Å²) in [5.41, 5.74) is 5.43. The zero-order valence-corrected chi connectivity index (χ0v) is 8.35. The predicted molar refractivity (Wildman–Crippen MR) is 54.2 cm³/mol. The van der Waals surface area contributed by atoms with Crippen LogP contribution in [-0.4, -0.2) is 22.4 Å². The number of hydrogen-bond donors (Lipinski definition) is 1. The summed E-state index contributed by atoms with van der Waals surface area (Å²) in [6, 6.07) is 0. The highest BCUT2D eigenvalue weighted by Crippen LogP contribution is 2.23. The number of nitrogens with two attached hydrogens (primary N) is 1. The predicted octanol–water partition coefficient (Wildman–Crippen LogP) is 1.16. The molecule has 1 aliphatic carbocycles. The fourth-order valence-corrected chi connectivity index (χ4v) is 1.86. The molecule has 0 aromatic carbocycles. The van der Waals surface area contributed by atoms with Crippen molar-refractivity contribution in [2.45, 2.75) is 38.3 Å². The Morgan fingerprint density at radius 3 is 3.00 bits per heavy atom. The molecule has 0 spiro atoms. The molecule has 0 amide bonds. The van der Waals surface area contributed by atoms with Crippen LogP contribution in [0.2, 0.25) is 0 Å². The molecule has 78 valence electrons. The molecule has 1 heterocycles. The minimum atomic E-state index is 0.408. The van der Waals surface area contributed by atoms with E-state index in [1.165, 1.54) is 25.7 Å². The van der Waals surface area contributed by atoms with Crippen LogP contribution in [0.4, 0.5) is 0 Å². The van der Waals surface area contributed by atoms with Crippen molar-refractivity contribution in [3.8, 4) is 5.75 Å². The Bertz CT molecular complexity index is 279. The van der Waals surface area contributed by atoms with Gasteiger partial charge in [0.15, 0.2) is 5.75 Å². The van der Waals surface area contributed by atoms with E-state index in [0.29, 0.717) is 12.6 Å². The third kappa shape index (κ3) is 2.26. The molecule has 1 fully saturated rings. The summed E-state index contributed by atoms with van der Waals surface area (Å²) in [6.07, 6.45) is 9.05. The van der Waals surface area contributed by atoms with Crippen LogP contribution in [0.3, 0.4) is 0 Å². The van der Waals surface area contributed by atoms with Crippen molar-refractivity contribution in [1.29, 1.82) is 0 Å². The number of rotatable bonds is 4. The van der Waals surface area contributed by atoms with Crippen molar-refractivity contribution in [1.82, 2.24) is 9.78 Å². The number of hydrogen-bond acceptors (Lipinski definition) is 3. The van der Waals surface area contributed by atoms with Crippen LogP contribution in [-0.2, 0) is 6.54 Å². The molecular weight excluding hydrogens is 178 g/mol. The Labute approximate surface area is 84.0 Å². The van der Waals surface area contributed by atoms with Crippen molar-refractivity contribution in [3.05, 3.63) is 12.4 Å². The first kappa shape index (κ1) is 9.52. The van der Waals surface area contributed by atoms with Crippen LogP contribution >= 0.6 is 0 Å². The van der Waals surface area contributed by atoms with Gasteiger partial charge in [0, 0.05) is 6.54 Å². The van der Waals surface area contributed by atoms with Crippen molar-refractivity contribution in [2.24, 2.45) is 5.73 Å². The number of aromatic nitrogens is 2. The molecule has 0 radical (unpaired) electrons. The molecule has 1 aliphatic rings. The van der Waals surface area contributed by atoms with Gasteiger partial charge in [-0.05, 0) is 25.7 Å². The van der Waals surface area contributed by atoms with E-state index in [1.807, 2.05) is 10.9 Å². The van der Waals surface area contributed by atoms with Crippen molar-refractivity contribution in [2.75, 3.05) is 6.54 Å². The minimum Gasteiger partial charge on any atom is -0.487 e. The first-order valence-corrected chi connectivity index (χ1v) is 5.27. The zero-order valence-electron chi connectivity index (χ0n) is 8.35. The van der Waals surface area contributed by atoms with Crippen LogP contribution < -0.4 is 10.5 Å². The maximum absolute atomic E-state index is 5.78. The van der Waals surface area contributed by atoms with Gasteiger partial charge >= 0.3 is 0 Å². The molecule has 4 heteroatoms. The fourth-order valence-electron chi connectivity index (χ4n) is 1.86. The van der Waals surface area contributed by atoms with Gasteiger partial charge in [-0.15, -0.1) is 0 Å². The summed E-state index contributed by atoms with van der Waals surface area (Å²) in [5.74, 6) is 0.880. The highest BCUT2D eigenvalue weighted by atomic mass is 16.5. The third-order valence-corrected chi connectivity index (χ3v) is 2.57. The van der Waals surface area contributed by atoms with E-state index in [2.05, 4.69) is 5.10 Å². The van der Waals surface area contributed by atoms with Crippen LogP contribution in [0.25, 0.3) is 0 Å². The highest BCUT2D eigenvalue weighted by molar-refractivity contribution is 5.12. The quantitative estimate of drug-likeness (QED) is 0.784. The van der Waals surface area contributed by atoms with Gasteiger partial charge in [0.05, 0.1) is 25.0 Å². The standard InChI is InChI=1S/C10H17N3O/c11-5-6-13-8-10(7-12-13)14-9-3-1-2-4-9/h7-9H,1-6,11H2. The molecule has 1 aromatic rings. The number of nitrogens with zero attached hydrogens (tertiary/aromatic N) is 2. The summed E-state index contributed by atoms with van der Waals surface area (Å²) in [5, 5.41) is 4.16. The van der Waals surface area contributed by atoms with Gasteiger partial charge in [0.1, 0.15) is 0 Å². The lowest BCUT2D eigenvalue weighted by molar-refractivity contribution is 0.210. The second-order valence-corrected chi connectivity index (χ2v) is 3.75. The normalized spacial score (nSPS) is 17.5. The molecule has 1 saturated carbocycles. The van der Waals surface area contributed by atoms with Crippen LogP contribution in [0, 0.1) is 0 Å². The zero-order chi connectivity index (χ0) is 9.80. The summed E-state index contributed by atoms with van der Waals surface area (Å²) >= 11 is 0. The first-order chi connectivity index (χ1) is 6.88. The molecule has 14 heavy (non-hydrogen) atoms. The summed E-state index contributed by atoms with van der Waals surface area (Å²) in [7, 11) is 0. The summed E-state index contributed by atoms with van der Waals surface area (Å²) in [4.78, 5) is 0. The maximum Gasteiger partial charge on any atom is 0.157 e. The van der Waals surface area contributed by atoms with Gasteiger partial charge in [0.25, 0.3) is 0 Å². The molecule has 0 aliphatic heterocycles. The lowest BCUT2D eigenvalue weighted by Crippen LogP contribution is -2.11. The molecule has 4 nitrogen and oxygen atoms in total. The summed E-state index contributed by atoms with van der Waals surface area (Å²) in [6.45, 7) is 1.37. The van der Waals surface area contributed by atoms with E-state index in [0.717, 1.165) is 12.3 Å². The van der Waals surface area contributed by atoms with Crippen molar-refractivity contribution < 1.29 is 4.74 Å². The van der Waals surface area contributed by atoms with E-state index in [1.54, 1.807) is 6.20 Å². The highest BCUT2D eigenvalue weighted by Gasteiger charge is 2.16. The first-order valence-electron chi connectivity index (χ1n) is 5.27. The lowest BCUT2D eigenvalue weighted by Gasteiger charge is -2.09. The Hall–Kier alpha value is -1.03. The van der Waals surface area contributed by atoms with E-state index in [-0.39, 0.29) is 0 Å². The second kappa shape index (κ2) is 4.46. The van der Waals surface area contributed by atoms with Gasteiger partial charge in [-0.3, -0.25) is 4.68 Å². The molecule has 0 atom stereocenters. The van der Waals surface area contributed by atoms with Crippen molar-refractivity contribution >= 4 is 0 Å². The monoisotopic (exact) mass is 195 g/mol. The minimum absolute atomic E-state index is 0.408. The van der Waals surface area contributed by atoms with Gasteiger partial charge in [-0.1, -0.05) is 0 Å². The van der Waals surface area contributed by atoms with Crippen LogP contribution in [0.15, 0.2) is 12.4 Å². The lowest BCUT2D eigenvalue weighted by atomic mass is 10.3. The topological polar surface area (TPSA) is 53.1 Å². The van der Waals surface area contributed by atoms with Crippen LogP contribution in [0.5, 0.6) is 5.75 Å². The van der Waals surface area contributed by atoms with E-state index < -0.39 is 0 Å². The van der Waals surface area contributed by atoms with Gasteiger partial charge < -0.3 is 10.5 Å². The van der Waals surface area contributed by atoms with Gasteiger partial charge in [-0.2, -0.15) is 5.10 Å². The molecule has 0 bridgehead atoms. The molecule has 2 rings (SSSR count). The molecule has 2 N–H and O–H groups in total. The van der Waals surface area contributed by atoms with Crippen molar-refractivity contribution in [3.63, 3.8) is 0 Å². The SMILES string of the molecule is NCCn1cc(OC2CCCC2)cn1. The largest absolute Gasteiger partial charge is 0.487 e. The van der Waals surface area contributed by atoms with Crippen LogP contribution in [0.1, 0.15) is 25.7 Å². The summed E-state index contributed by atoms with van der Waals surface area (Å²) < 4.78 is 7.60. The molecule has 0 unspecified atom stereocenters. The second-order valence-electron chi connectivity index (χ2n) is 3.75. The fraction of sp³-hybridized carbons (Fsp3) is 0.700. The van der Waals surface area contributed by atoms with E-state index in [4.69, 9.17) is 10.5 Å². The third-order valence-electron chi connectivity index (χ3n) is 2.57. The average molecular weight is 195 g/mol.